The van der Waals surface area contributed by atoms with Gasteiger partial charge in [0.05, 0.1) is 25.9 Å². The standard InChI is InChI=1S/C21H41N5O2.HI/c1-4-17(5-2)20(25-9-11-27-12-10-25)14-24-21(22-3)23-13-19-15-26-8-6-7-18(26)16-28-19;/h17-20H,4-16H2,1-3H3,(H2,22,23,24);1H. The van der Waals surface area contributed by atoms with Gasteiger partial charge in [-0.1, -0.05) is 26.7 Å². The first-order chi connectivity index (χ1) is 13.7. The molecule has 0 saturated carbocycles. The minimum Gasteiger partial charge on any atom is -0.379 e. The summed E-state index contributed by atoms with van der Waals surface area (Å²) >= 11 is 0. The SMILES string of the molecule is CCC(CC)C(CNC(=NC)NCC1CN2CCCC2CO1)N1CCOCC1.I. The van der Waals surface area contributed by atoms with Crippen molar-refractivity contribution >= 4 is 29.9 Å². The van der Waals surface area contributed by atoms with Gasteiger partial charge in [-0.25, -0.2) is 0 Å². The second-order valence-corrected chi connectivity index (χ2v) is 8.37. The number of nitrogens with zero attached hydrogens (tertiary/aromatic N) is 3. The molecular weight excluding hydrogens is 481 g/mol. The third-order valence-corrected chi connectivity index (χ3v) is 6.77. The van der Waals surface area contributed by atoms with Crippen LogP contribution in [0.1, 0.15) is 39.5 Å². The normalized spacial score (nSPS) is 27.4. The minimum absolute atomic E-state index is 0. The molecule has 0 aliphatic carbocycles. The van der Waals surface area contributed by atoms with Gasteiger partial charge >= 0.3 is 0 Å². The van der Waals surface area contributed by atoms with Gasteiger partial charge in [0.25, 0.3) is 0 Å². The lowest BCUT2D eigenvalue weighted by molar-refractivity contribution is -0.0453. The van der Waals surface area contributed by atoms with Gasteiger partial charge < -0.3 is 20.1 Å². The molecule has 29 heavy (non-hydrogen) atoms. The molecule has 3 fully saturated rings. The van der Waals surface area contributed by atoms with Gasteiger partial charge in [0.1, 0.15) is 0 Å². The van der Waals surface area contributed by atoms with Crippen LogP contribution in [0.15, 0.2) is 4.99 Å². The molecule has 0 aromatic rings. The van der Waals surface area contributed by atoms with Crippen molar-refractivity contribution in [1.29, 1.82) is 0 Å². The Balaban J connectivity index is 0.00000300. The van der Waals surface area contributed by atoms with E-state index in [1.54, 1.807) is 0 Å². The van der Waals surface area contributed by atoms with Crippen LogP contribution in [0.2, 0.25) is 0 Å². The molecule has 0 amide bonds. The summed E-state index contributed by atoms with van der Waals surface area (Å²) in [6.07, 6.45) is 5.28. The largest absolute Gasteiger partial charge is 0.379 e. The topological polar surface area (TPSA) is 61.4 Å². The van der Waals surface area contributed by atoms with Crippen molar-refractivity contribution in [2.75, 3.05) is 66.1 Å². The van der Waals surface area contributed by atoms with Crippen molar-refractivity contribution < 1.29 is 9.47 Å². The number of hydrogen-bond acceptors (Lipinski definition) is 5. The molecule has 7 nitrogen and oxygen atoms in total. The first-order valence-corrected chi connectivity index (χ1v) is 11.4. The molecule has 3 saturated heterocycles. The smallest absolute Gasteiger partial charge is 0.191 e. The highest BCUT2D eigenvalue weighted by Crippen LogP contribution is 2.22. The van der Waals surface area contributed by atoms with Crippen molar-refractivity contribution in [3.63, 3.8) is 0 Å². The zero-order valence-corrected chi connectivity index (χ0v) is 20.9. The molecule has 0 radical (unpaired) electrons. The first-order valence-electron chi connectivity index (χ1n) is 11.4. The van der Waals surface area contributed by atoms with Crippen LogP contribution in [0.5, 0.6) is 0 Å². The van der Waals surface area contributed by atoms with Crippen LogP contribution < -0.4 is 10.6 Å². The molecule has 3 heterocycles. The van der Waals surface area contributed by atoms with E-state index >= 15 is 0 Å². The van der Waals surface area contributed by atoms with Crippen LogP contribution in [0.25, 0.3) is 0 Å². The van der Waals surface area contributed by atoms with E-state index in [1.807, 2.05) is 7.05 Å². The van der Waals surface area contributed by atoms with E-state index in [-0.39, 0.29) is 30.1 Å². The highest BCUT2D eigenvalue weighted by Gasteiger charge is 2.32. The molecule has 3 aliphatic rings. The summed E-state index contributed by atoms with van der Waals surface area (Å²) in [7, 11) is 1.86. The van der Waals surface area contributed by atoms with E-state index in [4.69, 9.17) is 9.47 Å². The quantitative estimate of drug-likeness (QED) is 0.288. The molecule has 0 aromatic heterocycles. The fourth-order valence-corrected chi connectivity index (χ4v) is 4.98. The van der Waals surface area contributed by atoms with E-state index in [0.717, 1.165) is 58.5 Å². The number of fused-ring (bicyclic) bond motifs is 1. The molecule has 8 heteroatoms. The van der Waals surface area contributed by atoms with Gasteiger partial charge in [0.2, 0.25) is 0 Å². The molecule has 0 spiro atoms. The summed E-state index contributed by atoms with van der Waals surface area (Å²) in [5.41, 5.74) is 0. The maximum atomic E-state index is 6.07. The van der Waals surface area contributed by atoms with Crippen molar-refractivity contribution in [2.24, 2.45) is 10.9 Å². The van der Waals surface area contributed by atoms with Crippen molar-refractivity contribution in [3.8, 4) is 0 Å². The maximum Gasteiger partial charge on any atom is 0.191 e. The molecule has 3 atom stereocenters. The molecule has 0 aromatic carbocycles. The molecule has 0 bridgehead atoms. The zero-order chi connectivity index (χ0) is 19.8. The minimum atomic E-state index is 0. The van der Waals surface area contributed by atoms with E-state index in [9.17, 15) is 0 Å². The summed E-state index contributed by atoms with van der Waals surface area (Å²) < 4.78 is 11.6. The van der Waals surface area contributed by atoms with Gasteiger partial charge in [-0.05, 0) is 25.3 Å². The van der Waals surface area contributed by atoms with Gasteiger partial charge in [0.15, 0.2) is 5.96 Å². The van der Waals surface area contributed by atoms with Crippen LogP contribution in [0, 0.1) is 5.92 Å². The van der Waals surface area contributed by atoms with Gasteiger partial charge in [-0.15, -0.1) is 24.0 Å². The van der Waals surface area contributed by atoms with Crippen LogP contribution in [0.3, 0.4) is 0 Å². The Bertz CT molecular complexity index is 486. The second kappa shape index (κ2) is 13.3. The van der Waals surface area contributed by atoms with Crippen molar-refractivity contribution in [3.05, 3.63) is 0 Å². The molecule has 3 unspecified atom stereocenters. The van der Waals surface area contributed by atoms with Crippen LogP contribution in [-0.2, 0) is 9.47 Å². The average Bonchev–Trinajstić information content (AvgIpc) is 3.21. The fourth-order valence-electron chi connectivity index (χ4n) is 4.98. The molecule has 3 rings (SSSR count). The number of ether oxygens (including phenoxy) is 2. The molecular formula is C21H42IN5O2. The summed E-state index contributed by atoms with van der Waals surface area (Å²) in [5.74, 6) is 1.58. The summed E-state index contributed by atoms with van der Waals surface area (Å²) in [4.78, 5) is 9.64. The Hall–Kier alpha value is -0.160. The monoisotopic (exact) mass is 523 g/mol. The highest BCUT2D eigenvalue weighted by atomic mass is 127. The molecule has 3 aliphatic heterocycles. The van der Waals surface area contributed by atoms with E-state index in [2.05, 4.69) is 39.3 Å². The van der Waals surface area contributed by atoms with Gasteiger partial charge in [-0.2, -0.15) is 0 Å². The second-order valence-electron chi connectivity index (χ2n) is 8.37. The zero-order valence-electron chi connectivity index (χ0n) is 18.6. The Morgan fingerprint density at radius 2 is 1.90 bits per heavy atom. The summed E-state index contributed by atoms with van der Waals surface area (Å²) in [6.45, 7) is 13.3. The number of nitrogens with one attached hydrogen (secondary N) is 2. The molecule has 2 N–H and O–H groups in total. The lowest BCUT2D eigenvalue weighted by atomic mass is 9.92. The lowest BCUT2D eigenvalue weighted by Gasteiger charge is -2.39. The Kier molecular flexibility index (Phi) is 11.5. The van der Waals surface area contributed by atoms with E-state index < -0.39 is 0 Å². The average molecular weight is 524 g/mol. The van der Waals surface area contributed by atoms with E-state index in [0.29, 0.717) is 18.0 Å². The number of morpholine rings is 2. The number of guanidine groups is 1. The Morgan fingerprint density at radius 1 is 1.14 bits per heavy atom. The Labute approximate surface area is 194 Å². The van der Waals surface area contributed by atoms with Crippen LogP contribution in [0.4, 0.5) is 0 Å². The van der Waals surface area contributed by atoms with E-state index in [1.165, 1.54) is 32.2 Å². The van der Waals surface area contributed by atoms with Crippen molar-refractivity contribution in [1.82, 2.24) is 20.4 Å². The third kappa shape index (κ3) is 7.19. The van der Waals surface area contributed by atoms with Gasteiger partial charge in [-0.3, -0.25) is 14.8 Å². The fraction of sp³-hybridized carbons (Fsp3) is 0.952. The predicted octanol–water partition coefficient (Wildman–Crippen LogP) is 1.77. The maximum absolute atomic E-state index is 6.07. The number of halogens is 1. The number of hydrogen-bond donors (Lipinski definition) is 2. The molecule has 170 valence electrons. The number of aliphatic imine (C=N–C) groups is 1. The summed E-state index contributed by atoms with van der Waals surface area (Å²) in [6, 6.07) is 1.18. The third-order valence-electron chi connectivity index (χ3n) is 6.77. The lowest BCUT2D eigenvalue weighted by Crippen LogP contribution is -2.55. The first kappa shape index (κ1) is 25.1. The van der Waals surface area contributed by atoms with Crippen molar-refractivity contribution in [2.45, 2.75) is 57.7 Å². The number of rotatable bonds is 8. The van der Waals surface area contributed by atoms with Crippen LogP contribution in [-0.4, -0.2) is 100 Å². The van der Waals surface area contributed by atoms with Gasteiger partial charge in [0, 0.05) is 51.9 Å². The highest BCUT2D eigenvalue weighted by molar-refractivity contribution is 14.0. The summed E-state index contributed by atoms with van der Waals surface area (Å²) in [5, 5.41) is 7.09. The Morgan fingerprint density at radius 3 is 2.59 bits per heavy atom. The van der Waals surface area contributed by atoms with Crippen LogP contribution >= 0.6 is 24.0 Å². The predicted molar refractivity (Wildman–Crippen MR) is 129 cm³/mol.